The van der Waals surface area contributed by atoms with E-state index >= 15 is 0 Å². The van der Waals surface area contributed by atoms with Crippen LogP contribution in [0, 0.1) is 40.4 Å². The number of ketones is 1. The number of carbonyl (C=O) groups excluding carboxylic acids is 1. The molecule has 1 aromatic carbocycles. The number of hydrogen-bond acceptors (Lipinski definition) is 8. The fourth-order valence-corrected chi connectivity index (χ4v) is 10.8. The number of fused-ring (bicyclic) bond motifs is 5. The van der Waals surface area contributed by atoms with E-state index in [2.05, 4.69) is 33.8 Å². The maximum atomic E-state index is 13.8. The molecule has 0 amide bonds. The van der Waals surface area contributed by atoms with Crippen molar-refractivity contribution in [1.29, 1.82) is 0 Å². The molecule has 8 nitrogen and oxygen atoms in total. The summed E-state index contributed by atoms with van der Waals surface area (Å²) in [5, 5.41) is 66.8. The third kappa shape index (κ3) is 5.30. The van der Waals surface area contributed by atoms with E-state index in [-0.39, 0.29) is 54.5 Å². The maximum Gasteiger partial charge on any atom is 0.159 e. The monoisotopic (exact) mass is 640 g/mol. The van der Waals surface area contributed by atoms with Gasteiger partial charge in [-0.25, -0.2) is 0 Å². The van der Waals surface area contributed by atoms with E-state index in [9.17, 15) is 35.4 Å². The van der Waals surface area contributed by atoms with E-state index in [4.69, 9.17) is 4.74 Å². The highest BCUT2D eigenvalue weighted by molar-refractivity contribution is 5.95. The number of allylic oxidation sites excluding steroid dienone is 1. The van der Waals surface area contributed by atoms with E-state index in [0.29, 0.717) is 63.7 Å². The number of aliphatic hydroxyl groups is 5. The zero-order valence-electron chi connectivity index (χ0n) is 28.3. The highest BCUT2D eigenvalue weighted by atomic mass is 16.6. The zero-order chi connectivity index (χ0) is 33.4. The van der Waals surface area contributed by atoms with Crippen molar-refractivity contribution in [2.75, 3.05) is 6.61 Å². The van der Waals surface area contributed by atoms with Crippen LogP contribution < -0.4 is 0 Å². The van der Waals surface area contributed by atoms with Crippen LogP contribution >= 0.6 is 0 Å². The van der Waals surface area contributed by atoms with E-state index in [1.165, 1.54) is 0 Å². The van der Waals surface area contributed by atoms with Gasteiger partial charge in [0, 0.05) is 17.9 Å². The molecule has 3 saturated carbocycles. The van der Waals surface area contributed by atoms with E-state index in [0.717, 1.165) is 16.7 Å². The summed E-state index contributed by atoms with van der Waals surface area (Å²) < 4.78 is 6.23. The quantitative estimate of drug-likeness (QED) is 0.208. The Morgan fingerprint density at radius 3 is 2.39 bits per heavy atom. The average molecular weight is 641 g/mol. The van der Waals surface area contributed by atoms with Crippen LogP contribution in [0.2, 0.25) is 0 Å². The molecule has 5 aliphatic rings. The third-order valence-corrected chi connectivity index (χ3v) is 13.7. The van der Waals surface area contributed by atoms with Gasteiger partial charge in [-0.15, -0.1) is 0 Å². The first kappa shape index (κ1) is 34.1. The van der Waals surface area contributed by atoms with Gasteiger partial charge in [0.15, 0.2) is 5.78 Å². The van der Waals surface area contributed by atoms with E-state index < -0.39 is 40.2 Å². The molecule has 0 radical (unpaired) electrons. The van der Waals surface area contributed by atoms with Crippen LogP contribution in [0.25, 0.3) is 0 Å². The average Bonchev–Trinajstić information content (AvgIpc) is 3.73. The lowest BCUT2D eigenvalue weighted by Gasteiger charge is -2.61. The van der Waals surface area contributed by atoms with Gasteiger partial charge in [-0.2, -0.15) is 0 Å². The summed E-state index contributed by atoms with van der Waals surface area (Å²) in [4.78, 5) is 13.8. The van der Waals surface area contributed by atoms with Crippen LogP contribution in [-0.2, 0) is 22.4 Å². The molecule has 0 bridgehead atoms. The number of benzene rings is 1. The molecule has 8 heteroatoms. The zero-order valence-corrected chi connectivity index (χ0v) is 28.3. The van der Waals surface area contributed by atoms with Crippen molar-refractivity contribution in [3.05, 3.63) is 41.0 Å². The second kappa shape index (κ2) is 12.0. The summed E-state index contributed by atoms with van der Waals surface area (Å²) in [6, 6.07) is 5.56. The van der Waals surface area contributed by atoms with Crippen LogP contribution in [0.15, 0.2) is 29.8 Å². The fraction of sp³-hybridized carbons (Fsp3) is 0.763. The fourth-order valence-electron chi connectivity index (χ4n) is 10.8. The van der Waals surface area contributed by atoms with Crippen molar-refractivity contribution in [3.8, 4) is 5.75 Å². The number of ether oxygens (including phenoxy) is 1. The Hall–Kier alpha value is -1.81. The molecule has 46 heavy (non-hydrogen) atoms. The Balaban J connectivity index is 1.39. The molecule has 256 valence electrons. The van der Waals surface area contributed by atoms with Crippen LogP contribution in [0.1, 0.15) is 97.1 Å². The number of phenolic OH excluding ortho intramolecular Hbond substituents is 1. The Kier molecular flexibility index (Phi) is 8.85. The van der Waals surface area contributed by atoms with E-state index in [1.54, 1.807) is 18.2 Å². The summed E-state index contributed by atoms with van der Waals surface area (Å²) >= 11 is 0. The van der Waals surface area contributed by atoms with Crippen molar-refractivity contribution >= 4 is 5.78 Å². The normalized spacial score (nSPS) is 42.1. The number of aromatic hydroxyl groups is 1. The number of aryl methyl sites for hydroxylation is 2. The highest BCUT2D eigenvalue weighted by Gasteiger charge is 2.72. The minimum absolute atomic E-state index is 0.0532. The van der Waals surface area contributed by atoms with E-state index in [1.807, 2.05) is 6.92 Å². The third-order valence-electron chi connectivity index (χ3n) is 13.7. The van der Waals surface area contributed by atoms with Gasteiger partial charge in [-0.05, 0) is 135 Å². The smallest absolute Gasteiger partial charge is 0.159 e. The molecule has 0 spiro atoms. The molecule has 12 atom stereocenters. The molecular formula is C38H56O8. The second-order valence-electron chi connectivity index (χ2n) is 16.5. The molecule has 6 rings (SSSR count). The second-order valence-corrected chi connectivity index (χ2v) is 16.5. The molecule has 6 N–H and O–H groups in total. The largest absolute Gasteiger partial charge is 0.508 e. The van der Waals surface area contributed by atoms with Gasteiger partial charge in [0.1, 0.15) is 11.9 Å². The molecular weight excluding hydrogens is 584 g/mol. The summed E-state index contributed by atoms with van der Waals surface area (Å²) in [5.41, 5.74) is -1.23. The van der Waals surface area contributed by atoms with Crippen molar-refractivity contribution in [2.24, 2.45) is 40.4 Å². The van der Waals surface area contributed by atoms with Gasteiger partial charge < -0.3 is 35.4 Å². The van der Waals surface area contributed by atoms with Gasteiger partial charge >= 0.3 is 0 Å². The molecule has 1 heterocycles. The number of aliphatic hydroxyl groups excluding tert-OH is 3. The van der Waals surface area contributed by atoms with Gasteiger partial charge in [-0.1, -0.05) is 33.8 Å². The molecule has 1 saturated heterocycles. The van der Waals surface area contributed by atoms with Gasteiger partial charge in [0.2, 0.25) is 0 Å². The van der Waals surface area contributed by atoms with Crippen LogP contribution in [0.4, 0.5) is 0 Å². The lowest BCUT2D eigenvalue weighted by molar-refractivity contribution is -0.168. The Labute approximate surface area is 273 Å². The standard InChI is InChI=1S/C38H56O8/c1-21(2)22(3)33-34(46-33)36(5,44)32-10-13-38(45)27-18-29(41)28-19-30(42)31(43)20-35(28,4)26(27)9-12-37(32,38)11-8-24-15-23(7-6-14-39)16-25(40)17-24/h15-18,21-22,26,28,30-34,39-40,42-45H,6-14,19-20H2,1-5H3. The molecule has 1 aromatic rings. The Morgan fingerprint density at radius 2 is 1.72 bits per heavy atom. The van der Waals surface area contributed by atoms with Crippen molar-refractivity contribution in [3.63, 3.8) is 0 Å². The highest BCUT2D eigenvalue weighted by Crippen LogP contribution is 2.70. The van der Waals surface area contributed by atoms with Crippen LogP contribution in [0.5, 0.6) is 5.75 Å². The molecule has 4 aliphatic carbocycles. The minimum Gasteiger partial charge on any atom is -0.508 e. The Bertz CT molecular complexity index is 1350. The lowest BCUT2D eigenvalue weighted by Crippen LogP contribution is -2.63. The number of hydrogen-bond donors (Lipinski definition) is 6. The number of carbonyl (C=O) groups is 1. The SMILES string of the molecule is CC(C)C(C)C1OC1C(C)(O)C1CCC2(O)C3=CC(=O)C4CC(O)C(O)CC4(C)C3CCC12CCc1cc(O)cc(CCCO)c1. The maximum absolute atomic E-state index is 13.8. The van der Waals surface area contributed by atoms with Crippen LogP contribution in [-0.4, -0.2) is 78.6 Å². The molecule has 0 aromatic heterocycles. The van der Waals surface area contributed by atoms with Crippen molar-refractivity contribution in [2.45, 2.75) is 134 Å². The molecule has 1 aliphatic heterocycles. The lowest BCUT2D eigenvalue weighted by atomic mass is 9.44. The number of phenols is 1. The molecule has 4 fully saturated rings. The van der Waals surface area contributed by atoms with Gasteiger partial charge in [0.25, 0.3) is 0 Å². The summed E-state index contributed by atoms with van der Waals surface area (Å²) in [7, 11) is 0. The van der Waals surface area contributed by atoms with Gasteiger partial charge in [-0.3, -0.25) is 4.79 Å². The topological polar surface area (TPSA) is 151 Å². The molecule has 12 unspecified atom stereocenters. The number of epoxide rings is 1. The first-order valence-corrected chi connectivity index (χ1v) is 17.7. The predicted octanol–water partition coefficient (Wildman–Crippen LogP) is 4.24. The Morgan fingerprint density at radius 1 is 1.02 bits per heavy atom. The van der Waals surface area contributed by atoms with Gasteiger partial charge in [0.05, 0.1) is 29.5 Å². The van der Waals surface area contributed by atoms with Crippen molar-refractivity contribution < 1.29 is 40.2 Å². The first-order chi connectivity index (χ1) is 21.6. The number of rotatable bonds is 10. The van der Waals surface area contributed by atoms with Crippen LogP contribution in [0.3, 0.4) is 0 Å². The summed E-state index contributed by atoms with van der Waals surface area (Å²) in [5.74, 6) is -0.0421. The summed E-state index contributed by atoms with van der Waals surface area (Å²) in [6.07, 6.45) is 4.73. The predicted molar refractivity (Wildman–Crippen MR) is 174 cm³/mol. The first-order valence-electron chi connectivity index (χ1n) is 17.7. The summed E-state index contributed by atoms with van der Waals surface area (Å²) in [6.45, 7) is 10.5. The van der Waals surface area contributed by atoms with Crippen molar-refractivity contribution in [1.82, 2.24) is 0 Å². The minimum atomic E-state index is -1.33.